The van der Waals surface area contributed by atoms with Gasteiger partial charge >= 0.3 is 0 Å². The van der Waals surface area contributed by atoms with Gasteiger partial charge in [0, 0.05) is 29.1 Å². The normalized spacial score (nSPS) is 16.2. The van der Waals surface area contributed by atoms with E-state index in [1.54, 1.807) is 6.26 Å². The Kier molecular flexibility index (Phi) is 4.20. The first-order chi connectivity index (χ1) is 10.1. The van der Waals surface area contributed by atoms with Crippen LogP contribution in [0.1, 0.15) is 36.8 Å². The van der Waals surface area contributed by atoms with Gasteiger partial charge in [0.05, 0.1) is 12.7 Å². The molecule has 2 heterocycles. The van der Waals surface area contributed by atoms with Crippen LogP contribution in [0, 0.1) is 6.92 Å². The average Bonchev–Trinajstić information content (AvgIpc) is 2.69. The third-order valence-corrected chi connectivity index (χ3v) is 4.64. The zero-order valence-corrected chi connectivity index (χ0v) is 13.1. The van der Waals surface area contributed by atoms with Crippen molar-refractivity contribution in [3.05, 3.63) is 34.5 Å². The summed E-state index contributed by atoms with van der Waals surface area (Å²) in [5, 5.41) is 1.67. The zero-order chi connectivity index (χ0) is 14.8. The molecule has 1 aliphatic heterocycles. The summed E-state index contributed by atoms with van der Waals surface area (Å²) >= 11 is 6.19. The number of fused-ring (bicyclic) bond motifs is 1. The number of rotatable bonds is 2. The lowest BCUT2D eigenvalue weighted by Gasteiger charge is -2.19. The van der Waals surface area contributed by atoms with E-state index in [2.05, 4.69) is 0 Å². The van der Waals surface area contributed by atoms with Gasteiger partial charge < -0.3 is 9.32 Å². The van der Waals surface area contributed by atoms with Gasteiger partial charge in [0.1, 0.15) is 5.58 Å². The van der Waals surface area contributed by atoms with Gasteiger partial charge in [-0.25, -0.2) is 0 Å². The first-order valence-corrected chi connectivity index (χ1v) is 7.97. The molecule has 1 aromatic carbocycles. The maximum absolute atomic E-state index is 12.5. The highest BCUT2D eigenvalue weighted by atomic mass is 35.5. The summed E-state index contributed by atoms with van der Waals surface area (Å²) in [6, 6.07) is 3.83. The van der Waals surface area contributed by atoms with Crippen LogP contribution >= 0.6 is 11.6 Å². The highest BCUT2D eigenvalue weighted by Gasteiger charge is 2.18. The summed E-state index contributed by atoms with van der Waals surface area (Å²) in [5.74, 6) is 0.191. The maximum atomic E-state index is 12.5. The first kappa shape index (κ1) is 14.5. The van der Waals surface area contributed by atoms with Crippen LogP contribution in [0.5, 0.6) is 0 Å². The Morgan fingerprint density at radius 2 is 1.95 bits per heavy atom. The fourth-order valence-electron chi connectivity index (χ4n) is 2.93. The Balaban J connectivity index is 1.81. The van der Waals surface area contributed by atoms with E-state index in [-0.39, 0.29) is 5.91 Å². The Hall–Kier alpha value is -1.48. The fourth-order valence-corrected chi connectivity index (χ4v) is 3.10. The lowest BCUT2D eigenvalue weighted by atomic mass is 10.1. The second kappa shape index (κ2) is 6.10. The van der Waals surface area contributed by atoms with E-state index in [9.17, 15) is 4.79 Å². The molecule has 0 unspecified atom stereocenters. The molecule has 0 N–H and O–H groups in total. The smallest absolute Gasteiger partial charge is 0.227 e. The van der Waals surface area contributed by atoms with Crippen molar-refractivity contribution in [1.29, 1.82) is 0 Å². The van der Waals surface area contributed by atoms with Crippen LogP contribution in [0.15, 0.2) is 22.8 Å². The lowest BCUT2D eigenvalue weighted by Crippen LogP contribution is -2.32. The van der Waals surface area contributed by atoms with Crippen LogP contribution in [0.3, 0.4) is 0 Å². The number of halogens is 1. The SMILES string of the molecule is Cc1cc2occ(CC(=O)N3CCCCCC3)c2cc1Cl. The Morgan fingerprint density at radius 1 is 1.24 bits per heavy atom. The number of hydrogen-bond acceptors (Lipinski definition) is 2. The summed E-state index contributed by atoms with van der Waals surface area (Å²) in [6.45, 7) is 3.72. The number of hydrogen-bond donors (Lipinski definition) is 0. The number of nitrogens with zero attached hydrogens (tertiary/aromatic N) is 1. The highest BCUT2D eigenvalue weighted by Crippen LogP contribution is 2.28. The molecule has 0 aliphatic carbocycles. The predicted molar refractivity (Wildman–Crippen MR) is 84.7 cm³/mol. The van der Waals surface area contributed by atoms with Gasteiger partial charge in [-0.3, -0.25) is 4.79 Å². The molecule has 112 valence electrons. The van der Waals surface area contributed by atoms with Gasteiger partial charge in [-0.1, -0.05) is 24.4 Å². The van der Waals surface area contributed by atoms with Gasteiger partial charge in [0.15, 0.2) is 0 Å². The van der Waals surface area contributed by atoms with Crippen molar-refractivity contribution in [2.24, 2.45) is 0 Å². The molecule has 0 radical (unpaired) electrons. The number of likely N-dealkylation sites (tertiary alicyclic amines) is 1. The van der Waals surface area contributed by atoms with Crippen LogP contribution in [-0.4, -0.2) is 23.9 Å². The molecule has 1 aromatic heterocycles. The summed E-state index contributed by atoms with van der Waals surface area (Å²) in [4.78, 5) is 14.5. The van der Waals surface area contributed by atoms with E-state index in [0.717, 1.165) is 48.0 Å². The molecule has 0 saturated carbocycles. The van der Waals surface area contributed by atoms with Crippen LogP contribution < -0.4 is 0 Å². The summed E-state index contributed by atoms with van der Waals surface area (Å²) in [5.41, 5.74) is 2.72. The van der Waals surface area contributed by atoms with Crippen molar-refractivity contribution in [3.8, 4) is 0 Å². The molecule has 0 spiro atoms. The quantitative estimate of drug-likeness (QED) is 0.827. The maximum Gasteiger partial charge on any atom is 0.227 e. The van der Waals surface area contributed by atoms with Gasteiger partial charge in [-0.2, -0.15) is 0 Å². The average molecular weight is 306 g/mol. The second-order valence-corrected chi connectivity index (χ2v) is 6.24. The highest BCUT2D eigenvalue weighted by molar-refractivity contribution is 6.32. The Morgan fingerprint density at radius 3 is 2.67 bits per heavy atom. The minimum atomic E-state index is 0.191. The van der Waals surface area contributed by atoms with Crippen molar-refractivity contribution < 1.29 is 9.21 Å². The van der Waals surface area contributed by atoms with Crippen LogP contribution in [-0.2, 0) is 11.2 Å². The van der Waals surface area contributed by atoms with Crippen LogP contribution in [0.25, 0.3) is 11.0 Å². The van der Waals surface area contributed by atoms with Crippen molar-refractivity contribution >= 4 is 28.5 Å². The van der Waals surface area contributed by atoms with Crippen molar-refractivity contribution in [2.75, 3.05) is 13.1 Å². The molecule has 21 heavy (non-hydrogen) atoms. The van der Waals surface area contributed by atoms with Crippen molar-refractivity contribution in [2.45, 2.75) is 39.0 Å². The molecule has 1 fully saturated rings. The Bertz CT molecular complexity index is 654. The summed E-state index contributed by atoms with van der Waals surface area (Å²) in [7, 11) is 0. The lowest BCUT2D eigenvalue weighted by molar-refractivity contribution is -0.130. The molecule has 1 amide bonds. The fraction of sp³-hybridized carbons (Fsp3) is 0.471. The Labute approximate surface area is 129 Å². The van der Waals surface area contributed by atoms with E-state index in [1.807, 2.05) is 24.0 Å². The molecular formula is C17H20ClNO2. The van der Waals surface area contributed by atoms with E-state index in [0.29, 0.717) is 11.4 Å². The third-order valence-electron chi connectivity index (χ3n) is 4.24. The number of benzene rings is 1. The van der Waals surface area contributed by atoms with Gasteiger partial charge in [-0.15, -0.1) is 0 Å². The largest absolute Gasteiger partial charge is 0.464 e. The van der Waals surface area contributed by atoms with Crippen LogP contribution in [0.4, 0.5) is 0 Å². The topological polar surface area (TPSA) is 33.5 Å². The first-order valence-electron chi connectivity index (χ1n) is 7.59. The third kappa shape index (κ3) is 3.08. The molecule has 4 heteroatoms. The molecule has 1 aliphatic rings. The summed E-state index contributed by atoms with van der Waals surface area (Å²) < 4.78 is 5.57. The van der Waals surface area contributed by atoms with Gasteiger partial charge in [0.25, 0.3) is 0 Å². The monoisotopic (exact) mass is 305 g/mol. The molecule has 3 nitrogen and oxygen atoms in total. The predicted octanol–water partition coefficient (Wildman–Crippen LogP) is 4.34. The number of aryl methyl sites for hydroxylation is 1. The number of carbonyl (C=O) groups excluding carboxylic acids is 1. The van der Waals surface area contributed by atoms with E-state index < -0.39 is 0 Å². The van der Waals surface area contributed by atoms with E-state index in [1.165, 1.54) is 12.8 Å². The molecule has 1 saturated heterocycles. The van der Waals surface area contributed by atoms with Crippen molar-refractivity contribution in [1.82, 2.24) is 4.90 Å². The van der Waals surface area contributed by atoms with Gasteiger partial charge in [0.2, 0.25) is 5.91 Å². The summed E-state index contributed by atoms with van der Waals surface area (Å²) in [6.07, 6.45) is 6.77. The minimum absolute atomic E-state index is 0.191. The molecule has 3 rings (SSSR count). The number of carbonyl (C=O) groups is 1. The molecule has 0 atom stereocenters. The molecular weight excluding hydrogens is 286 g/mol. The zero-order valence-electron chi connectivity index (χ0n) is 12.3. The van der Waals surface area contributed by atoms with Crippen molar-refractivity contribution in [3.63, 3.8) is 0 Å². The van der Waals surface area contributed by atoms with Crippen LogP contribution in [0.2, 0.25) is 5.02 Å². The molecule has 0 bridgehead atoms. The second-order valence-electron chi connectivity index (χ2n) is 5.83. The number of amides is 1. The van der Waals surface area contributed by atoms with E-state index in [4.69, 9.17) is 16.0 Å². The van der Waals surface area contributed by atoms with E-state index >= 15 is 0 Å². The standard InChI is InChI=1S/C17H20ClNO2/c1-12-8-16-14(10-15(12)18)13(11-21-16)9-17(20)19-6-4-2-3-5-7-19/h8,10-11H,2-7,9H2,1H3. The minimum Gasteiger partial charge on any atom is -0.464 e. The van der Waals surface area contributed by atoms with Gasteiger partial charge in [-0.05, 0) is 37.5 Å². The molecule has 2 aromatic rings. The number of furan rings is 1.